The maximum absolute atomic E-state index is 13.2. The van der Waals surface area contributed by atoms with E-state index in [2.05, 4.69) is 4.99 Å². The third-order valence-corrected chi connectivity index (χ3v) is 5.45. The largest absolute Gasteiger partial charge is 0.486 e. The molecule has 9 heteroatoms. The monoisotopic (exact) mass is 448 g/mol. The highest BCUT2D eigenvalue weighted by Crippen LogP contribution is 2.39. The zero-order valence-corrected chi connectivity index (χ0v) is 17.6. The zero-order valence-electron chi connectivity index (χ0n) is 16.8. The Kier molecular flexibility index (Phi) is 5.70. The highest BCUT2D eigenvalue weighted by atomic mass is 32.2. The molecule has 2 aliphatic rings. The van der Waals surface area contributed by atoms with Crippen molar-refractivity contribution in [1.82, 2.24) is 0 Å². The smallest absolute Gasteiger partial charge is 0.416 e. The normalized spacial score (nSPS) is 19.0. The van der Waals surface area contributed by atoms with Crippen molar-refractivity contribution >= 4 is 34.6 Å². The van der Waals surface area contributed by atoms with Crippen LogP contribution in [0, 0.1) is 0 Å². The molecule has 2 aromatic rings. The topological polar surface area (TPSA) is 51.1 Å². The summed E-state index contributed by atoms with van der Waals surface area (Å²) < 4.78 is 50.7. The van der Waals surface area contributed by atoms with Gasteiger partial charge in [-0.3, -0.25) is 14.7 Å². The van der Waals surface area contributed by atoms with Gasteiger partial charge >= 0.3 is 6.18 Å². The standard InChI is InChI=1S/C22H19F3N2O3S/c1-13(2)26-21-27(16-5-3-4-15(12-16)22(23,24)25)20(28)19(31-21)11-14-6-7-17-18(10-14)30-9-8-29-17/h3-7,10-13H,8-9H2,1-2H3/b19-11-,26-21-. The van der Waals surface area contributed by atoms with E-state index in [1.165, 1.54) is 17.0 Å². The van der Waals surface area contributed by atoms with E-state index in [-0.39, 0.29) is 11.7 Å². The van der Waals surface area contributed by atoms with Crippen LogP contribution in [-0.4, -0.2) is 30.3 Å². The molecule has 0 bridgehead atoms. The Morgan fingerprint density at radius 1 is 1.10 bits per heavy atom. The van der Waals surface area contributed by atoms with Crippen molar-refractivity contribution in [3.05, 3.63) is 58.5 Å². The quantitative estimate of drug-likeness (QED) is 0.593. The third-order valence-electron chi connectivity index (χ3n) is 4.47. The van der Waals surface area contributed by atoms with E-state index in [0.717, 1.165) is 29.5 Å². The maximum Gasteiger partial charge on any atom is 0.416 e. The van der Waals surface area contributed by atoms with Gasteiger partial charge in [-0.15, -0.1) is 0 Å². The first-order valence-corrected chi connectivity index (χ1v) is 10.4. The third kappa shape index (κ3) is 4.56. The van der Waals surface area contributed by atoms with E-state index in [0.29, 0.717) is 34.8 Å². The molecule has 0 atom stereocenters. The Morgan fingerprint density at radius 2 is 1.84 bits per heavy atom. The molecule has 1 saturated heterocycles. The summed E-state index contributed by atoms with van der Waals surface area (Å²) in [4.78, 5) is 19.2. The van der Waals surface area contributed by atoms with Gasteiger partial charge in [-0.2, -0.15) is 13.2 Å². The summed E-state index contributed by atoms with van der Waals surface area (Å²) >= 11 is 1.13. The van der Waals surface area contributed by atoms with Gasteiger partial charge in [0, 0.05) is 6.04 Å². The maximum atomic E-state index is 13.2. The van der Waals surface area contributed by atoms with Crippen LogP contribution < -0.4 is 14.4 Å². The Labute approximate surface area is 181 Å². The first-order chi connectivity index (χ1) is 14.7. The number of nitrogens with zero attached hydrogens (tertiary/aromatic N) is 2. The van der Waals surface area contributed by atoms with Crippen LogP contribution in [0.4, 0.5) is 18.9 Å². The SMILES string of the molecule is CC(C)/N=C1\S/C(=C\c2ccc3c(c2)OCCO3)C(=O)N1c1cccc(C(F)(F)F)c1. The summed E-state index contributed by atoms with van der Waals surface area (Å²) in [5.74, 6) is 0.784. The summed E-state index contributed by atoms with van der Waals surface area (Å²) in [6, 6.07) is 9.87. The number of hydrogen-bond donors (Lipinski definition) is 0. The second-order valence-electron chi connectivity index (χ2n) is 7.21. The number of benzene rings is 2. The number of aliphatic imine (C=N–C) groups is 1. The lowest BCUT2D eigenvalue weighted by Crippen LogP contribution is -2.29. The fourth-order valence-corrected chi connectivity index (χ4v) is 4.24. The number of amides is 1. The highest BCUT2D eigenvalue weighted by molar-refractivity contribution is 8.19. The van der Waals surface area contributed by atoms with Crippen LogP contribution in [0.15, 0.2) is 52.4 Å². The van der Waals surface area contributed by atoms with Gasteiger partial charge in [0.05, 0.1) is 16.2 Å². The Balaban J connectivity index is 1.72. The molecule has 0 N–H and O–H groups in total. The van der Waals surface area contributed by atoms with E-state index in [1.807, 2.05) is 13.8 Å². The number of ether oxygens (including phenoxy) is 2. The molecule has 31 heavy (non-hydrogen) atoms. The number of halogens is 3. The fraction of sp³-hybridized carbons (Fsp3) is 0.273. The lowest BCUT2D eigenvalue weighted by molar-refractivity contribution is -0.137. The first-order valence-electron chi connectivity index (χ1n) is 9.61. The van der Waals surface area contributed by atoms with E-state index in [9.17, 15) is 18.0 Å². The molecule has 0 aromatic heterocycles. The van der Waals surface area contributed by atoms with Crippen LogP contribution in [0.3, 0.4) is 0 Å². The molecule has 5 nitrogen and oxygen atoms in total. The molecular formula is C22H19F3N2O3S. The van der Waals surface area contributed by atoms with Crippen molar-refractivity contribution in [2.45, 2.75) is 26.1 Å². The summed E-state index contributed by atoms with van der Waals surface area (Å²) in [7, 11) is 0. The predicted molar refractivity (Wildman–Crippen MR) is 115 cm³/mol. The molecule has 1 amide bonds. The van der Waals surface area contributed by atoms with Gasteiger partial charge in [0.25, 0.3) is 5.91 Å². The van der Waals surface area contributed by atoms with Gasteiger partial charge in [0.15, 0.2) is 16.7 Å². The lowest BCUT2D eigenvalue weighted by Gasteiger charge is -2.18. The molecule has 0 saturated carbocycles. The van der Waals surface area contributed by atoms with Crippen LogP contribution >= 0.6 is 11.8 Å². The van der Waals surface area contributed by atoms with Crippen molar-refractivity contribution in [3.8, 4) is 11.5 Å². The minimum Gasteiger partial charge on any atom is -0.486 e. The minimum absolute atomic E-state index is 0.122. The van der Waals surface area contributed by atoms with Gasteiger partial charge in [0.2, 0.25) is 0 Å². The number of alkyl halides is 3. The molecule has 162 valence electrons. The van der Waals surface area contributed by atoms with E-state index >= 15 is 0 Å². The molecular weight excluding hydrogens is 429 g/mol. The number of rotatable bonds is 3. The number of carbonyl (C=O) groups is 1. The summed E-state index contributed by atoms with van der Waals surface area (Å²) in [5, 5.41) is 0.336. The minimum atomic E-state index is -4.51. The second-order valence-corrected chi connectivity index (χ2v) is 8.22. The van der Waals surface area contributed by atoms with E-state index < -0.39 is 17.6 Å². The van der Waals surface area contributed by atoms with Gasteiger partial charge in [0.1, 0.15) is 13.2 Å². The summed E-state index contributed by atoms with van der Waals surface area (Å²) in [5.41, 5.74) is 0.0168. The lowest BCUT2D eigenvalue weighted by atomic mass is 10.1. The second kappa shape index (κ2) is 8.30. The van der Waals surface area contributed by atoms with E-state index in [1.54, 1.807) is 24.3 Å². The number of hydrogen-bond acceptors (Lipinski definition) is 5. The molecule has 0 unspecified atom stereocenters. The summed E-state index contributed by atoms with van der Waals surface area (Å²) in [6.45, 7) is 4.59. The summed E-state index contributed by atoms with van der Waals surface area (Å²) in [6.07, 6.45) is -2.83. The molecule has 2 heterocycles. The van der Waals surface area contributed by atoms with Gasteiger partial charge in [-0.25, -0.2) is 0 Å². The number of carbonyl (C=O) groups excluding carboxylic acids is 1. The Hall–Kier alpha value is -2.94. The van der Waals surface area contributed by atoms with E-state index in [4.69, 9.17) is 9.47 Å². The van der Waals surface area contributed by atoms with Gasteiger partial charge < -0.3 is 9.47 Å². The average Bonchev–Trinajstić information content (AvgIpc) is 3.01. The van der Waals surface area contributed by atoms with Crippen molar-refractivity contribution in [2.75, 3.05) is 18.1 Å². The number of anilines is 1. The number of thioether (sulfide) groups is 1. The Bertz CT molecular complexity index is 1080. The molecule has 4 rings (SSSR count). The molecule has 2 aromatic carbocycles. The average molecular weight is 448 g/mol. The van der Waals surface area contributed by atoms with Crippen molar-refractivity contribution in [1.29, 1.82) is 0 Å². The van der Waals surface area contributed by atoms with Crippen LogP contribution in [-0.2, 0) is 11.0 Å². The van der Waals surface area contributed by atoms with Crippen molar-refractivity contribution in [3.63, 3.8) is 0 Å². The fourth-order valence-electron chi connectivity index (χ4n) is 3.13. The predicted octanol–water partition coefficient (Wildman–Crippen LogP) is 5.36. The Morgan fingerprint density at radius 3 is 2.55 bits per heavy atom. The van der Waals surface area contributed by atoms with Crippen molar-refractivity contribution < 1.29 is 27.4 Å². The van der Waals surface area contributed by atoms with Crippen LogP contribution in [0.25, 0.3) is 6.08 Å². The van der Waals surface area contributed by atoms with Gasteiger partial charge in [-0.1, -0.05) is 12.1 Å². The zero-order chi connectivity index (χ0) is 22.2. The molecule has 1 fully saturated rings. The molecule has 2 aliphatic heterocycles. The van der Waals surface area contributed by atoms with Crippen LogP contribution in [0.1, 0.15) is 25.0 Å². The van der Waals surface area contributed by atoms with Gasteiger partial charge in [-0.05, 0) is 67.6 Å². The number of fused-ring (bicyclic) bond motifs is 1. The molecule has 0 spiro atoms. The first kappa shape index (κ1) is 21.3. The highest BCUT2D eigenvalue weighted by Gasteiger charge is 2.37. The molecule has 0 aliphatic carbocycles. The van der Waals surface area contributed by atoms with Crippen LogP contribution in [0.5, 0.6) is 11.5 Å². The number of amidine groups is 1. The van der Waals surface area contributed by atoms with Crippen LogP contribution in [0.2, 0.25) is 0 Å². The van der Waals surface area contributed by atoms with Crippen molar-refractivity contribution in [2.24, 2.45) is 4.99 Å². The molecule has 0 radical (unpaired) electrons.